The summed E-state index contributed by atoms with van der Waals surface area (Å²) in [5, 5.41) is 19.4. The van der Waals surface area contributed by atoms with Crippen LogP contribution in [0.3, 0.4) is 0 Å². The maximum atomic E-state index is 10.8. The number of nitro groups is 1. The van der Waals surface area contributed by atoms with Gasteiger partial charge in [-0.15, -0.1) is 0 Å². The Balaban J connectivity index is 3.12. The van der Waals surface area contributed by atoms with Crippen molar-refractivity contribution in [1.29, 1.82) is 0 Å². The molecule has 0 fully saturated rings. The summed E-state index contributed by atoms with van der Waals surface area (Å²) in [5.41, 5.74) is 0.212. The molecule has 1 N–H and O–H groups in total. The van der Waals surface area contributed by atoms with E-state index in [0.717, 1.165) is 3.57 Å². The third-order valence-corrected chi connectivity index (χ3v) is 2.59. The molecule has 0 heterocycles. The van der Waals surface area contributed by atoms with Crippen LogP contribution in [0.15, 0.2) is 18.2 Å². The van der Waals surface area contributed by atoms with Crippen LogP contribution in [-0.2, 0) is 4.79 Å². The van der Waals surface area contributed by atoms with Gasteiger partial charge in [-0.05, 0) is 34.7 Å². The smallest absolute Gasteiger partial charge is 0.323 e. The van der Waals surface area contributed by atoms with E-state index in [1.807, 2.05) is 22.6 Å². The summed E-state index contributed by atoms with van der Waals surface area (Å²) in [6.07, 6.45) is 0. The molecule has 0 aliphatic rings. The molecule has 0 atom stereocenters. The number of hydrogen-bond acceptors (Lipinski definition) is 4. The quantitative estimate of drug-likeness (QED) is 0.514. The third-order valence-electron chi connectivity index (χ3n) is 1.92. The normalized spacial score (nSPS) is 9.88. The Bertz CT molecular complexity index is 436. The number of nitro benzene ring substituents is 1. The van der Waals surface area contributed by atoms with Crippen LogP contribution in [0.25, 0.3) is 0 Å². The second-order valence-electron chi connectivity index (χ2n) is 3.14. The Morgan fingerprint density at radius 1 is 1.62 bits per heavy atom. The SMILES string of the molecule is CN(CC(=O)O)c1ccc(I)cc1[N+](=O)[O-]. The van der Waals surface area contributed by atoms with E-state index in [-0.39, 0.29) is 12.2 Å². The van der Waals surface area contributed by atoms with Crippen molar-refractivity contribution < 1.29 is 14.8 Å². The molecule has 0 saturated carbocycles. The molecule has 86 valence electrons. The van der Waals surface area contributed by atoms with E-state index in [2.05, 4.69) is 0 Å². The van der Waals surface area contributed by atoms with Crippen molar-refractivity contribution in [1.82, 2.24) is 0 Å². The predicted octanol–water partition coefficient (Wildman–Crippen LogP) is 1.72. The largest absolute Gasteiger partial charge is 0.480 e. The second kappa shape index (κ2) is 5.10. The van der Waals surface area contributed by atoms with E-state index in [0.29, 0.717) is 5.69 Å². The first-order valence-electron chi connectivity index (χ1n) is 4.28. The van der Waals surface area contributed by atoms with Crippen LogP contribution in [0.1, 0.15) is 0 Å². The summed E-state index contributed by atoms with van der Waals surface area (Å²) in [4.78, 5) is 22.1. The van der Waals surface area contributed by atoms with E-state index in [9.17, 15) is 14.9 Å². The number of nitrogens with zero attached hydrogens (tertiary/aromatic N) is 2. The highest BCUT2D eigenvalue weighted by molar-refractivity contribution is 14.1. The molecule has 0 spiro atoms. The number of carbonyl (C=O) groups is 1. The Hall–Kier alpha value is -1.38. The summed E-state index contributed by atoms with van der Waals surface area (Å²) >= 11 is 1.97. The number of aliphatic carboxylic acids is 1. The number of anilines is 1. The van der Waals surface area contributed by atoms with Gasteiger partial charge in [0.1, 0.15) is 12.2 Å². The first-order chi connectivity index (χ1) is 7.41. The summed E-state index contributed by atoms with van der Waals surface area (Å²) in [7, 11) is 1.50. The third kappa shape index (κ3) is 3.05. The number of hydrogen-bond donors (Lipinski definition) is 1. The molecule has 6 nitrogen and oxygen atoms in total. The minimum Gasteiger partial charge on any atom is -0.480 e. The monoisotopic (exact) mass is 336 g/mol. The zero-order chi connectivity index (χ0) is 12.3. The highest BCUT2D eigenvalue weighted by Crippen LogP contribution is 2.28. The van der Waals surface area contributed by atoms with Gasteiger partial charge in [0, 0.05) is 16.7 Å². The van der Waals surface area contributed by atoms with E-state index in [1.54, 1.807) is 12.1 Å². The number of carboxylic acid groups (broad SMARTS) is 1. The number of benzene rings is 1. The molecule has 0 saturated heterocycles. The molecule has 0 bridgehead atoms. The van der Waals surface area contributed by atoms with Gasteiger partial charge >= 0.3 is 5.97 Å². The van der Waals surface area contributed by atoms with E-state index in [1.165, 1.54) is 18.0 Å². The second-order valence-corrected chi connectivity index (χ2v) is 4.39. The Labute approximate surface area is 105 Å². The van der Waals surface area contributed by atoms with Crippen LogP contribution in [0.4, 0.5) is 11.4 Å². The molecule has 0 unspecified atom stereocenters. The zero-order valence-electron chi connectivity index (χ0n) is 8.38. The lowest BCUT2D eigenvalue weighted by Gasteiger charge is -2.16. The van der Waals surface area contributed by atoms with E-state index in [4.69, 9.17) is 5.11 Å². The van der Waals surface area contributed by atoms with Crippen molar-refractivity contribution in [3.8, 4) is 0 Å². The fourth-order valence-electron chi connectivity index (χ4n) is 1.25. The molecule has 1 rings (SSSR count). The minimum atomic E-state index is -1.03. The Morgan fingerprint density at radius 3 is 2.75 bits per heavy atom. The van der Waals surface area contributed by atoms with E-state index < -0.39 is 10.9 Å². The van der Waals surface area contributed by atoms with Crippen LogP contribution in [0.5, 0.6) is 0 Å². The van der Waals surface area contributed by atoms with Crippen molar-refractivity contribution >= 4 is 39.9 Å². The zero-order valence-corrected chi connectivity index (χ0v) is 10.5. The van der Waals surface area contributed by atoms with Gasteiger partial charge in [-0.2, -0.15) is 0 Å². The number of halogens is 1. The first kappa shape index (κ1) is 12.7. The van der Waals surface area contributed by atoms with Gasteiger partial charge in [-0.1, -0.05) is 0 Å². The highest BCUT2D eigenvalue weighted by Gasteiger charge is 2.18. The molecule has 16 heavy (non-hydrogen) atoms. The van der Waals surface area contributed by atoms with Gasteiger partial charge in [0.15, 0.2) is 0 Å². The van der Waals surface area contributed by atoms with Crippen LogP contribution in [0.2, 0.25) is 0 Å². The van der Waals surface area contributed by atoms with Gasteiger partial charge in [0.25, 0.3) is 5.69 Å². The minimum absolute atomic E-state index is 0.0874. The molecule has 1 aromatic rings. The first-order valence-corrected chi connectivity index (χ1v) is 5.36. The molecular formula is C9H9IN2O4. The predicted molar refractivity (Wildman–Crippen MR) is 66.7 cm³/mol. The van der Waals surface area contributed by atoms with Crippen molar-refractivity contribution in [2.45, 2.75) is 0 Å². The molecular weight excluding hydrogens is 327 g/mol. The molecule has 1 aromatic carbocycles. The van der Waals surface area contributed by atoms with Gasteiger partial charge in [-0.25, -0.2) is 0 Å². The average molecular weight is 336 g/mol. The fraction of sp³-hybridized carbons (Fsp3) is 0.222. The summed E-state index contributed by atoms with van der Waals surface area (Å²) < 4.78 is 0.733. The molecule has 7 heteroatoms. The molecule has 0 aliphatic carbocycles. The fourth-order valence-corrected chi connectivity index (χ4v) is 1.73. The van der Waals surface area contributed by atoms with Crippen LogP contribution in [-0.4, -0.2) is 29.6 Å². The number of rotatable bonds is 4. The van der Waals surface area contributed by atoms with Gasteiger partial charge in [-0.3, -0.25) is 14.9 Å². The van der Waals surface area contributed by atoms with Crippen LogP contribution >= 0.6 is 22.6 Å². The van der Waals surface area contributed by atoms with E-state index >= 15 is 0 Å². The number of likely N-dealkylation sites (N-methyl/N-ethyl adjacent to an activating group) is 1. The average Bonchev–Trinajstić information content (AvgIpc) is 2.16. The maximum Gasteiger partial charge on any atom is 0.323 e. The van der Waals surface area contributed by atoms with Crippen molar-refractivity contribution in [3.05, 3.63) is 31.9 Å². The van der Waals surface area contributed by atoms with Crippen LogP contribution < -0.4 is 4.90 Å². The standard InChI is InChI=1S/C9H9IN2O4/c1-11(5-9(13)14)7-3-2-6(10)4-8(7)12(15)16/h2-4H,5H2,1H3,(H,13,14). The lowest BCUT2D eigenvalue weighted by Crippen LogP contribution is -2.25. The summed E-state index contributed by atoms with van der Waals surface area (Å²) in [6.45, 7) is -0.276. The topological polar surface area (TPSA) is 83.7 Å². The van der Waals surface area contributed by atoms with Gasteiger partial charge < -0.3 is 10.0 Å². The van der Waals surface area contributed by atoms with Gasteiger partial charge in [0.2, 0.25) is 0 Å². The lowest BCUT2D eigenvalue weighted by molar-refractivity contribution is -0.384. The lowest BCUT2D eigenvalue weighted by atomic mass is 10.2. The van der Waals surface area contributed by atoms with Crippen LogP contribution in [0, 0.1) is 13.7 Å². The molecule has 0 aliphatic heterocycles. The Morgan fingerprint density at radius 2 is 2.25 bits per heavy atom. The van der Waals surface area contributed by atoms with Gasteiger partial charge in [0.05, 0.1) is 4.92 Å². The molecule has 0 amide bonds. The maximum absolute atomic E-state index is 10.8. The highest BCUT2D eigenvalue weighted by atomic mass is 127. The Kier molecular flexibility index (Phi) is 4.05. The number of carboxylic acids is 1. The molecule has 0 radical (unpaired) electrons. The summed E-state index contributed by atoms with van der Waals surface area (Å²) in [5.74, 6) is -1.03. The van der Waals surface area contributed by atoms with Crippen molar-refractivity contribution in [2.75, 3.05) is 18.5 Å². The van der Waals surface area contributed by atoms with Crippen molar-refractivity contribution in [2.24, 2.45) is 0 Å². The van der Waals surface area contributed by atoms with Crippen molar-refractivity contribution in [3.63, 3.8) is 0 Å². The molecule has 0 aromatic heterocycles. The summed E-state index contributed by atoms with van der Waals surface area (Å²) in [6, 6.07) is 4.65.